The van der Waals surface area contributed by atoms with Crippen molar-refractivity contribution in [2.24, 2.45) is 5.73 Å². The molecule has 0 fully saturated rings. The van der Waals surface area contributed by atoms with Gasteiger partial charge in [-0.05, 0) is 37.3 Å². The molecule has 0 aliphatic heterocycles. The molecule has 0 aromatic heterocycles. The van der Waals surface area contributed by atoms with Crippen LogP contribution in [-0.4, -0.2) is 0 Å². The van der Waals surface area contributed by atoms with E-state index >= 15 is 0 Å². The minimum atomic E-state index is 0.275. The van der Waals surface area contributed by atoms with Gasteiger partial charge in [-0.2, -0.15) is 0 Å². The highest BCUT2D eigenvalue weighted by molar-refractivity contribution is 5.34. The second-order valence-electron chi connectivity index (χ2n) is 4.05. The van der Waals surface area contributed by atoms with Gasteiger partial charge in [-0.15, -0.1) is 0 Å². The maximum absolute atomic E-state index is 6.12. The van der Waals surface area contributed by atoms with Crippen LogP contribution < -0.4 is 5.73 Å². The summed E-state index contributed by atoms with van der Waals surface area (Å²) in [7, 11) is 0. The number of fused-ring (bicyclic) bond motifs is 1. The van der Waals surface area contributed by atoms with Gasteiger partial charge in [-0.1, -0.05) is 30.2 Å². The molecule has 0 radical (unpaired) electrons. The topological polar surface area (TPSA) is 26.0 Å². The van der Waals surface area contributed by atoms with Gasteiger partial charge in [0.05, 0.1) is 0 Å². The Balaban J connectivity index is 2.43. The Labute approximate surface area is 80.0 Å². The van der Waals surface area contributed by atoms with Crippen molar-refractivity contribution in [2.45, 2.75) is 38.6 Å². The molecule has 0 heterocycles. The summed E-state index contributed by atoms with van der Waals surface area (Å²) in [4.78, 5) is 0. The Bertz CT molecular complexity index is 304. The van der Waals surface area contributed by atoms with Crippen molar-refractivity contribution in [2.75, 3.05) is 0 Å². The highest BCUT2D eigenvalue weighted by Crippen LogP contribution is 2.27. The monoisotopic (exact) mass is 175 g/mol. The number of hydrogen-bond acceptors (Lipinski definition) is 1. The van der Waals surface area contributed by atoms with Crippen LogP contribution in [0.2, 0.25) is 0 Å². The van der Waals surface area contributed by atoms with Gasteiger partial charge < -0.3 is 5.73 Å². The zero-order valence-corrected chi connectivity index (χ0v) is 8.22. The molecule has 70 valence electrons. The fourth-order valence-corrected chi connectivity index (χ4v) is 2.12. The van der Waals surface area contributed by atoms with Crippen molar-refractivity contribution < 1.29 is 0 Å². The molecule has 1 aliphatic rings. The number of nitrogens with two attached hydrogens (primary N) is 1. The minimum Gasteiger partial charge on any atom is -0.324 e. The van der Waals surface area contributed by atoms with E-state index in [-0.39, 0.29) is 6.04 Å². The lowest BCUT2D eigenvalue weighted by Crippen LogP contribution is -2.10. The van der Waals surface area contributed by atoms with Crippen LogP contribution in [0, 0.1) is 6.92 Å². The Morgan fingerprint density at radius 3 is 3.00 bits per heavy atom. The molecular weight excluding hydrogens is 158 g/mol. The average molecular weight is 175 g/mol. The molecule has 2 rings (SSSR count). The summed E-state index contributed by atoms with van der Waals surface area (Å²) in [5.74, 6) is 0. The van der Waals surface area contributed by atoms with E-state index in [2.05, 4.69) is 25.1 Å². The predicted octanol–water partition coefficient (Wildman–Crippen LogP) is 2.72. The first-order valence-corrected chi connectivity index (χ1v) is 5.12. The van der Waals surface area contributed by atoms with E-state index in [1.54, 1.807) is 0 Å². The van der Waals surface area contributed by atoms with Gasteiger partial charge in [-0.25, -0.2) is 0 Å². The smallest absolute Gasteiger partial charge is 0.0297 e. The molecule has 1 aromatic carbocycles. The summed E-state index contributed by atoms with van der Waals surface area (Å²) in [6, 6.07) is 6.97. The number of aryl methyl sites for hydroxylation is 2. The molecule has 0 amide bonds. The third kappa shape index (κ3) is 1.75. The zero-order valence-electron chi connectivity index (χ0n) is 8.22. The summed E-state index contributed by atoms with van der Waals surface area (Å²) in [5, 5.41) is 0. The Morgan fingerprint density at radius 1 is 1.31 bits per heavy atom. The molecule has 1 aromatic rings. The summed E-state index contributed by atoms with van der Waals surface area (Å²) in [6.07, 6.45) is 4.93. The number of benzene rings is 1. The van der Waals surface area contributed by atoms with E-state index in [0.717, 1.165) is 6.42 Å². The molecular formula is C12H17N. The normalized spacial score (nSPS) is 22.2. The van der Waals surface area contributed by atoms with Crippen LogP contribution in [0.5, 0.6) is 0 Å². The van der Waals surface area contributed by atoms with Crippen LogP contribution in [-0.2, 0) is 6.42 Å². The van der Waals surface area contributed by atoms with Gasteiger partial charge in [0.15, 0.2) is 0 Å². The third-order valence-electron chi connectivity index (χ3n) is 2.91. The third-order valence-corrected chi connectivity index (χ3v) is 2.91. The first kappa shape index (κ1) is 8.76. The Morgan fingerprint density at radius 2 is 2.15 bits per heavy atom. The molecule has 1 atom stereocenters. The standard InChI is InChI=1S/C12H17N/c1-9-6-7-10-4-2-3-5-12(13)11(10)8-9/h6-8,12H,2-5,13H2,1H3. The molecule has 0 saturated carbocycles. The molecule has 1 unspecified atom stereocenters. The van der Waals surface area contributed by atoms with Gasteiger partial charge >= 0.3 is 0 Å². The van der Waals surface area contributed by atoms with E-state index in [9.17, 15) is 0 Å². The van der Waals surface area contributed by atoms with Crippen LogP contribution in [0.3, 0.4) is 0 Å². The van der Waals surface area contributed by atoms with Crippen molar-refractivity contribution >= 4 is 0 Å². The maximum Gasteiger partial charge on any atom is 0.0297 e. The van der Waals surface area contributed by atoms with Crippen molar-refractivity contribution in [1.82, 2.24) is 0 Å². The fraction of sp³-hybridized carbons (Fsp3) is 0.500. The highest BCUT2D eigenvalue weighted by Gasteiger charge is 2.14. The van der Waals surface area contributed by atoms with Gasteiger partial charge in [0.1, 0.15) is 0 Å². The van der Waals surface area contributed by atoms with Crippen molar-refractivity contribution in [3.05, 3.63) is 34.9 Å². The highest BCUT2D eigenvalue weighted by atomic mass is 14.6. The number of rotatable bonds is 0. The predicted molar refractivity (Wildman–Crippen MR) is 55.7 cm³/mol. The van der Waals surface area contributed by atoms with Crippen LogP contribution in [0.1, 0.15) is 42.0 Å². The molecule has 2 N–H and O–H groups in total. The molecule has 13 heavy (non-hydrogen) atoms. The van der Waals surface area contributed by atoms with Crippen LogP contribution in [0.25, 0.3) is 0 Å². The number of hydrogen-bond donors (Lipinski definition) is 1. The lowest BCUT2D eigenvalue weighted by atomic mass is 9.98. The fourth-order valence-electron chi connectivity index (χ4n) is 2.12. The minimum absolute atomic E-state index is 0.275. The molecule has 0 spiro atoms. The van der Waals surface area contributed by atoms with E-state index in [0.29, 0.717) is 0 Å². The molecule has 1 aliphatic carbocycles. The van der Waals surface area contributed by atoms with Crippen LogP contribution in [0.4, 0.5) is 0 Å². The quantitative estimate of drug-likeness (QED) is 0.603. The molecule has 1 nitrogen and oxygen atoms in total. The van der Waals surface area contributed by atoms with Crippen molar-refractivity contribution in [1.29, 1.82) is 0 Å². The molecule has 0 saturated heterocycles. The van der Waals surface area contributed by atoms with E-state index in [4.69, 9.17) is 5.73 Å². The first-order valence-electron chi connectivity index (χ1n) is 5.12. The van der Waals surface area contributed by atoms with Crippen LogP contribution >= 0.6 is 0 Å². The van der Waals surface area contributed by atoms with E-state index in [1.807, 2.05) is 0 Å². The van der Waals surface area contributed by atoms with Gasteiger partial charge in [0.25, 0.3) is 0 Å². The summed E-state index contributed by atoms with van der Waals surface area (Å²) in [5.41, 5.74) is 10.3. The van der Waals surface area contributed by atoms with E-state index in [1.165, 1.54) is 36.0 Å². The lowest BCUT2D eigenvalue weighted by Gasteiger charge is -2.12. The van der Waals surface area contributed by atoms with E-state index < -0.39 is 0 Å². The average Bonchev–Trinajstić information content (AvgIpc) is 2.29. The Kier molecular flexibility index (Phi) is 2.36. The summed E-state index contributed by atoms with van der Waals surface area (Å²) < 4.78 is 0. The van der Waals surface area contributed by atoms with Crippen molar-refractivity contribution in [3.8, 4) is 0 Å². The second-order valence-corrected chi connectivity index (χ2v) is 4.05. The zero-order chi connectivity index (χ0) is 9.26. The van der Waals surface area contributed by atoms with Gasteiger partial charge in [0.2, 0.25) is 0 Å². The molecule has 1 heteroatoms. The van der Waals surface area contributed by atoms with Gasteiger partial charge in [0, 0.05) is 6.04 Å². The lowest BCUT2D eigenvalue weighted by molar-refractivity contribution is 0.615. The van der Waals surface area contributed by atoms with Gasteiger partial charge in [-0.3, -0.25) is 0 Å². The Hall–Kier alpha value is -0.820. The first-order chi connectivity index (χ1) is 6.27. The van der Waals surface area contributed by atoms with Crippen LogP contribution in [0.15, 0.2) is 18.2 Å². The van der Waals surface area contributed by atoms with Crippen molar-refractivity contribution in [3.63, 3.8) is 0 Å². The SMILES string of the molecule is Cc1ccc2c(c1)C(N)CCCC2. The summed E-state index contributed by atoms with van der Waals surface area (Å²) in [6.45, 7) is 2.14. The maximum atomic E-state index is 6.12. The largest absolute Gasteiger partial charge is 0.324 e. The summed E-state index contributed by atoms with van der Waals surface area (Å²) >= 11 is 0. The molecule has 0 bridgehead atoms. The second kappa shape index (κ2) is 3.51.